The molecule has 2 rings (SSSR count). The first-order valence-corrected chi connectivity index (χ1v) is 3.87. The molecule has 1 aliphatic carbocycles. The molecule has 2 aliphatic rings. The van der Waals surface area contributed by atoms with E-state index < -0.39 is 0 Å². The van der Waals surface area contributed by atoms with E-state index in [0.29, 0.717) is 0 Å². The summed E-state index contributed by atoms with van der Waals surface area (Å²) in [5, 5.41) is 0. The fourth-order valence-corrected chi connectivity index (χ4v) is 1.45. The van der Waals surface area contributed by atoms with Crippen molar-refractivity contribution in [2.24, 2.45) is 4.99 Å². The van der Waals surface area contributed by atoms with Gasteiger partial charge in [-0.25, -0.2) is 0 Å². The average Bonchev–Trinajstić information content (AvgIpc) is 2.05. The third-order valence-electron chi connectivity index (χ3n) is 1.97. The Morgan fingerprint density at radius 2 is 2.30 bits per heavy atom. The van der Waals surface area contributed by atoms with E-state index in [-0.39, 0.29) is 0 Å². The van der Waals surface area contributed by atoms with Gasteiger partial charge in [0.05, 0.1) is 0 Å². The molecule has 0 aromatic rings. The number of nitrogens with zero attached hydrogens (tertiary/aromatic N) is 1. The van der Waals surface area contributed by atoms with Crippen molar-refractivity contribution >= 4 is 5.71 Å². The van der Waals surface area contributed by atoms with Gasteiger partial charge in [-0.15, -0.1) is 0 Å². The Morgan fingerprint density at radius 3 is 3.20 bits per heavy atom. The predicted molar refractivity (Wildman–Crippen MR) is 43.4 cm³/mol. The lowest BCUT2D eigenvalue weighted by Gasteiger charge is -2.14. The van der Waals surface area contributed by atoms with Crippen LogP contribution in [0.25, 0.3) is 0 Å². The smallest absolute Gasteiger partial charge is 0.0427 e. The van der Waals surface area contributed by atoms with Gasteiger partial charge in [0.2, 0.25) is 0 Å². The second-order valence-corrected chi connectivity index (χ2v) is 2.72. The highest BCUT2D eigenvalue weighted by molar-refractivity contribution is 6.03. The topological polar surface area (TPSA) is 12.4 Å². The summed E-state index contributed by atoms with van der Waals surface area (Å²) in [6, 6.07) is 0. The van der Waals surface area contributed by atoms with Gasteiger partial charge in [0.15, 0.2) is 0 Å². The zero-order valence-electron chi connectivity index (χ0n) is 6.01. The second kappa shape index (κ2) is 2.41. The molecule has 0 bridgehead atoms. The van der Waals surface area contributed by atoms with Crippen molar-refractivity contribution in [1.29, 1.82) is 0 Å². The van der Waals surface area contributed by atoms with Gasteiger partial charge in [0, 0.05) is 12.3 Å². The van der Waals surface area contributed by atoms with Gasteiger partial charge in [-0.05, 0) is 24.8 Å². The molecule has 0 N–H and O–H groups in total. The van der Waals surface area contributed by atoms with Crippen LogP contribution in [0.5, 0.6) is 0 Å². The number of dihydropyridines is 1. The Balaban J connectivity index is 2.33. The zero-order valence-corrected chi connectivity index (χ0v) is 6.01. The monoisotopic (exact) mass is 133 g/mol. The molecular weight excluding hydrogens is 122 g/mol. The number of hydrogen-bond acceptors (Lipinski definition) is 1. The molecule has 0 radical (unpaired) electrons. The van der Waals surface area contributed by atoms with Crippen molar-refractivity contribution in [2.45, 2.75) is 19.3 Å². The predicted octanol–water partition coefficient (Wildman–Crippen LogP) is 2.11. The van der Waals surface area contributed by atoms with E-state index in [1.54, 1.807) is 0 Å². The van der Waals surface area contributed by atoms with E-state index in [1.165, 1.54) is 17.7 Å². The lowest BCUT2D eigenvalue weighted by atomic mass is 9.97. The average molecular weight is 133 g/mol. The largest absolute Gasteiger partial charge is 0.289 e. The molecule has 0 spiro atoms. The molecule has 1 heterocycles. The number of hydrogen-bond donors (Lipinski definition) is 0. The number of aliphatic imine (C=N–C) groups is 1. The zero-order chi connectivity index (χ0) is 6.81. The van der Waals surface area contributed by atoms with Crippen LogP contribution < -0.4 is 0 Å². The van der Waals surface area contributed by atoms with Gasteiger partial charge in [-0.3, -0.25) is 4.99 Å². The van der Waals surface area contributed by atoms with Gasteiger partial charge >= 0.3 is 0 Å². The van der Waals surface area contributed by atoms with Crippen LogP contribution in [0.4, 0.5) is 0 Å². The lowest BCUT2D eigenvalue weighted by Crippen LogP contribution is -2.09. The highest BCUT2D eigenvalue weighted by Crippen LogP contribution is 2.17. The molecule has 52 valence electrons. The van der Waals surface area contributed by atoms with Crippen molar-refractivity contribution < 1.29 is 0 Å². The minimum atomic E-state index is 1.01. The summed E-state index contributed by atoms with van der Waals surface area (Å²) in [6.07, 6.45) is 10.2. The van der Waals surface area contributed by atoms with Crippen molar-refractivity contribution in [1.82, 2.24) is 0 Å². The SMILES string of the molecule is C1=CC2=CCCN=C2CC1. The first-order chi connectivity index (χ1) is 4.97. The van der Waals surface area contributed by atoms with Crippen LogP contribution >= 0.6 is 0 Å². The molecule has 10 heavy (non-hydrogen) atoms. The van der Waals surface area contributed by atoms with Crippen LogP contribution in [0.3, 0.4) is 0 Å². The van der Waals surface area contributed by atoms with Gasteiger partial charge in [0.1, 0.15) is 0 Å². The standard InChI is InChI=1S/C9H11N/c1-2-6-9-8(4-1)5-3-7-10-9/h1,4-5H,2-3,6-7H2. The van der Waals surface area contributed by atoms with Crippen molar-refractivity contribution in [2.75, 3.05) is 6.54 Å². The minimum absolute atomic E-state index is 1.01. The van der Waals surface area contributed by atoms with Gasteiger partial charge < -0.3 is 0 Å². The summed E-state index contributed by atoms with van der Waals surface area (Å²) >= 11 is 0. The normalized spacial score (nSPS) is 23.2. The molecule has 0 saturated heterocycles. The maximum absolute atomic E-state index is 4.45. The van der Waals surface area contributed by atoms with E-state index in [9.17, 15) is 0 Å². The first-order valence-electron chi connectivity index (χ1n) is 3.87. The maximum Gasteiger partial charge on any atom is 0.0427 e. The summed E-state index contributed by atoms with van der Waals surface area (Å²) in [4.78, 5) is 4.45. The molecule has 0 atom stereocenters. The fourth-order valence-electron chi connectivity index (χ4n) is 1.45. The van der Waals surface area contributed by atoms with Crippen molar-refractivity contribution in [3.05, 3.63) is 23.8 Å². The van der Waals surface area contributed by atoms with Crippen LogP contribution in [0.1, 0.15) is 19.3 Å². The Labute approximate surface area is 61.2 Å². The van der Waals surface area contributed by atoms with Crippen LogP contribution in [0, 0.1) is 0 Å². The molecule has 1 heteroatoms. The highest BCUT2D eigenvalue weighted by Gasteiger charge is 2.09. The summed E-state index contributed by atoms with van der Waals surface area (Å²) in [6.45, 7) is 1.01. The van der Waals surface area contributed by atoms with Crippen LogP contribution in [0.15, 0.2) is 28.8 Å². The third-order valence-corrected chi connectivity index (χ3v) is 1.97. The summed E-state index contributed by atoms with van der Waals surface area (Å²) in [7, 11) is 0. The van der Waals surface area contributed by atoms with E-state index >= 15 is 0 Å². The van der Waals surface area contributed by atoms with Crippen LogP contribution in [-0.4, -0.2) is 12.3 Å². The molecule has 0 fully saturated rings. The van der Waals surface area contributed by atoms with Gasteiger partial charge in [-0.2, -0.15) is 0 Å². The molecule has 0 aromatic heterocycles. The molecule has 1 aliphatic heterocycles. The Hall–Kier alpha value is -0.850. The van der Waals surface area contributed by atoms with Crippen LogP contribution in [0.2, 0.25) is 0 Å². The van der Waals surface area contributed by atoms with E-state index in [0.717, 1.165) is 19.4 Å². The van der Waals surface area contributed by atoms with Gasteiger partial charge in [-0.1, -0.05) is 18.2 Å². The summed E-state index contributed by atoms with van der Waals surface area (Å²) < 4.78 is 0. The third kappa shape index (κ3) is 0.919. The molecular formula is C9H11N. The Morgan fingerprint density at radius 1 is 1.30 bits per heavy atom. The Kier molecular flexibility index (Phi) is 1.42. The summed E-state index contributed by atoms with van der Waals surface area (Å²) in [5.41, 5.74) is 2.70. The van der Waals surface area contributed by atoms with Gasteiger partial charge in [0.25, 0.3) is 0 Å². The minimum Gasteiger partial charge on any atom is -0.289 e. The molecule has 0 aromatic carbocycles. The van der Waals surface area contributed by atoms with E-state index in [2.05, 4.69) is 23.2 Å². The van der Waals surface area contributed by atoms with E-state index in [1.807, 2.05) is 0 Å². The number of allylic oxidation sites excluding steroid dienone is 3. The van der Waals surface area contributed by atoms with Crippen molar-refractivity contribution in [3.8, 4) is 0 Å². The molecule has 1 nitrogen and oxygen atoms in total. The second-order valence-electron chi connectivity index (χ2n) is 2.72. The fraction of sp³-hybridized carbons (Fsp3) is 0.444. The quantitative estimate of drug-likeness (QED) is 0.480. The molecule has 0 saturated carbocycles. The molecule has 0 amide bonds. The highest BCUT2D eigenvalue weighted by atomic mass is 14.7. The lowest BCUT2D eigenvalue weighted by molar-refractivity contribution is 0.945. The summed E-state index contributed by atoms with van der Waals surface area (Å²) in [5.74, 6) is 0. The number of fused-ring (bicyclic) bond motifs is 1. The Bertz CT molecular complexity index is 221. The van der Waals surface area contributed by atoms with E-state index in [4.69, 9.17) is 0 Å². The first kappa shape index (κ1) is 5.90. The number of rotatable bonds is 0. The molecule has 0 unspecified atom stereocenters. The van der Waals surface area contributed by atoms with Crippen molar-refractivity contribution in [3.63, 3.8) is 0 Å². The van der Waals surface area contributed by atoms with Crippen LogP contribution in [-0.2, 0) is 0 Å². The maximum atomic E-state index is 4.45.